The summed E-state index contributed by atoms with van der Waals surface area (Å²) in [6, 6.07) is 7.78. The van der Waals surface area contributed by atoms with Gasteiger partial charge in [0, 0.05) is 51.4 Å². The van der Waals surface area contributed by atoms with Crippen LogP contribution in [0.4, 0.5) is 11.6 Å². The molecule has 3 amide bonds. The SMILES string of the molecule is O=C1CCC(=O)N(c2ccc(C(=O)OCC(=O)N3CCN(c4ncccn4)CC3)cc2)N1. The van der Waals surface area contributed by atoms with Gasteiger partial charge in [0.25, 0.3) is 5.91 Å². The van der Waals surface area contributed by atoms with Crippen molar-refractivity contribution in [1.29, 1.82) is 0 Å². The van der Waals surface area contributed by atoms with Crippen molar-refractivity contribution in [3.63, 3.8) is 0 Å². The summed E-state index contributed by atoms with van der Waals surface area (Å²) < 4.78 is 5.16. The predicted molar refractivity (Wildman–Crippen MR) is 112 cm³/mol. The Morgan fingerprint density at radius 2 is 1.66 bits per heavy atom. The molecule has 2 aromatic rings. The fraction of sp³-hybridized carbons (Fsp3) is 0.333. The van der Waals surface area contributed by atoms with Crippen LogP contribution in [-0.2, 0) is 19.1 Å². The molecule has 1 aromatic heterocycles. The number of amides is 3. The molecule has 166 valence electrons. The summed E-state index contributed by atoms with van der Waals surface area (Å²) in [5.74, 6) is -0.770. The number of hydrogen-bond donors (Lipinski definition) is 1. The second-order valence-corrected chi connectivity index (χ2v) is 7.30. The average molecular weight is 438 g/mol. The van der Waals surface area contributed by atoms with Gasteiger partial charge in [-0.2, -0.15) is 0 Å². The van der Waals surface area contributed by atoms with Crippen molar-refractivity contribution in [1.82, 2.24) is 20.3 Å². The van der Waals surface area contributed by atoms with Gasteiger partial charge in [-0.1, -0.05) is 0 Å². The number of piperazine rings is 1. The van der Waals surface area contributed by atoms with Crippen molar-refractivity contribution < 1.29 is 23.9 Å². The maximum Gasteiger partial charge on any atom is 0.338 e. The molecule has 2 fully saturated rings. The molecule has 3 heterocycles. The fourth-order valence-electron chi connectivity index (χ4n) is 3.44. The lowest BCUT2D eigenvalue weighted by Gasteiger charge is -2.34. The van der Waals surface area contributed by atoms with Gasteiger partial charge < -0.3 is 14.5 Å². The molecular weight excluding hydrogens is 416 g/mol. The molecule has 1 N–H and O–H groups in total. The maximum atomic E-state index is 12.4. The number of esters is 1. The summed E-state index contributed by atoms with van der Waals surface area (Å²) in [6.07, 6.45) is 3.63. The third kappa shape index (κ3) is 4.82. The lowest BCUT2D eigenvalue weighted by Crippen LogP contribution is -2.50. The molecule has 0 bridgehead atoms. The Kier molecular flexibility index (Phi) is 6.24. The van der Waals surface area contributed by atoms with E-state index in [1.54, 1.807) is 23.4 Å². The Bertz CT molecular complexity index is 1010. The molecule has 2 aliphatic heterocycles. The summed E-state index contributed by atoms with van der Waals surface area (Å²) in [5.41, 5.74) is 3.17. The number of hydrazine groups is 1. The molecular formula is C21H22N6O5. The zero-order valence-corrected chi connectivity index (χ0v) is 17.3. The van der Waals surface area contributed by atoms with Gasteiger partial charge in [0.15, 0.2) is 6.61 Å². The number of hydrogen-bond acceptors (Lipinski definition) is 8. The largest absolute Gasteiger partial charge is 0.452 e. The smallest absolute Gasteiger partial charge is 0.338 e. The summed E-state index contributed by atoms with van der Waals surface area (Å²) >= 11 is 0. The van der Waals surface area contributed by atoms with E-state index in [0.717, 1.165) is 5.01 Å². The molecule has 0 saturated carbocycles. The number of benzene rings is 1. The first-order valence-electron chi connectivity index (χ1n) is 10.2. The predicted octanol–water partition coefficient (Wildman–Crippen LogP) is 0.140. The van der Waals surface area contributed by atoms with Crippen LogP contribution in [0.1, 0.15) is 23.2 Å². The van der Waals surface area contributed by atoms with Crippen LogP contribution in [0.25, 0.3) is 0 Å². The van der Waals surface area contributed by atoms with E-state index in [2.05, 4.69) is 15.4 Å². The van der Waals surface area contributed by atoms with E-state index in [9.17, 15) is 19.2 Å². The summed E-state index contributed by atoms with van der Waals surface area (Å²) in [4.78, 5) is 60.2. The quantitative estimate of drug-likeness (QED) is 0.654. The van der Waals surface area contributed by atoms with Gasteiger partial charge in [0.05, 0.1) is 11.3 Å². The number of carbonyl (C=O) groups excluding carboxylic acids is 4. The van der Waals surface area contributed by atoms with Crippen LogP contribution in [-0.4, -0.2) is 71.3 Å². The normalized spacial score (nSPS) is 16.6. The second-order valence-electron chi connectivity index (χ2n) is 7.30. The summed E-state index contributed by atoms with van der Waals surface area (Å²) in [7, 11) is 0. The number of nitrogens with zero attached hydrogens (tertiary/aromatic N) is 5. The molecule has 0 atom stereocenters. The van der Waals surface area contributed by atoms with Crippen LogP contribution in [0.5, 0.6) is 0 Å². The molecule has 0 radical (unpaired) electrons. The van der Waals surface area contributed by atoms with E-state index in [4.69, 9.17) is 4.74 Å². The number of nitrogens with one attached hydrogen (secondary N) is 1. The van der Waals surface area contributed by atoms with Crippen molar-refractivity contribution in [3.05, 3.63) is 48.3 Å². The van der Waals surface area contributed by atoms with Crippen molar-refractivity contribution in [2.75, 3.05) is 42.7 Å². The Hall–Kier alpha value is -4.02. The van der Waals surface area contributed by atoms with E-state index in [0.29, 0.717) is 37.8 Å². The van der Waals surface area contributed by atoms with Crippen molar-refractivity contribution >= 4 is 35.3 Å². The van der Waals surface area contributed by atoms with Crippen LogP contribution in [0.2, 0.25) is 0 Å². The number of aromatic nitrogens is 2. The van der Waals surface area contributed by atoms with E-state index >= 15 is 0 Å². The van der Waals surface area contributed by atoms with E-state index < -0.39 is 5.97 Å². The highest BCUT2D eigenvalue weighted by Gasteiger charge is 2.25. The van der Waals surface area contributed by atoms with Crippen LogP contribution in [0.15, 0.2) is 42.7 Å². The first-order valence-corrected chi connectivity index (χ1v) is 10.2. The first-order chi connectivity index (χ1) is 15.5. The lowest BCUT2D eigenvalue weighted by atomic mass is 10.2. The molecule has 4 rings (SSSR count). The van der Waals surface area contributed by atoms with Crippen LogP contribution < -0.4 is 15.3 Å². The highest BCUT2D eigenvalue weighted by atomic mass is 16.5. The molecule has 32 heavy (non-hydrogen) atoms. The molecule has 1 aromatic carbocycles. The Balaban J connectivity index is 1.26. The van der Waals surface area contributed by atoms with E-state index in [-0.39, 0.29) is 42.7 Å². The van der Waals surface area contributed by atoms with Crippen LogP contribution in [0, 0.1) is 0 Å². The Labute approximate surface area is 183 Å². The topological polar surface area (TPSA) is 125 Å². The van der Waals surface area contributed by atoms with Gasteiger partial charge in [-0.3, -0.25) is 19.8 Å². The number of rotatable bonds is 5. The molecule has 11 nitrogen and oxygen atoms in total. The van der Waals surface area contributed by atoms with Gasteiger partial charge in [-0.25, -0.2) is 19.8 Å². The zero-order valence-electron chi connectivity index (χ0n) is 17.3. The molecule has 2 saturated heterocycles. The third-order valence-electron chi connectivity index (χ3n) is 5.21. The number of carbonyl (C=O) groups is 4. The Morgan fingerprint density at radius 1 is 0.969 bits per heavy atom. The summed E-state index contributed by atoms with van der Waals surface area (Å²) in [6.45, 7) is 1.80. The second kappa shape index (κ2) is 9.41. The van der Waals surface area contributed by atoms with Crippen LogP contribution in [0.3, 0.4) is 0 Å². The van der Waals surface area contributed by atoms with Gasteiger partial charge in [0.2, 0.25) is 17.8 Å². The van der Waals surface area contributed by atoms with Crippen molar-refractivity contribution in [2.24, 2.45) is 0 Å². The zero-order chi connectivity index (χ0) is 22.5. The molecule has 0 aliphatic carbocycles. The standard InChI is InChI=1S/C21H22N6O5/c28-17-6-7-18(29)27(24-17)16-4-2-15(3-5-16)20(31)32-14-19(30)25-10-12-26(13-11-25)21-22-8-1-9-23-21/h1-5,8-9H,6-7,10-14H2,(H,24,28). The highest BCUT2D eigenvalue weighted by molar-refractivity contribution is 6.01. The van der Waals surface area contributed by atoms with E-state index in [1.165, 1.54) is 24.3 Å². The van der Waals surface area contributed by atoms with E-state index in [1.807, 2.05) is 4.90 Å². The molecule has 0 unspecified atom stereocenters. The monoisotopic (exact) mass is 438 g/mol. The summed E-state index contributed by atoms with van der Waals surface area (Å²) in [5, 5.41) is 1.16. The maximum absolute atomic E-state index is 12.4. The van der Waals surface area contributed by atoms with Gasteiger partial charge >= 0.3 is 5.97 Å². The minimum Gasteiger partial charge on any atom is -0.452 e. The Morgan fingerprint density at radius 3 is 2.34 bits per heavy atom. The number of anilines is 2. The van der Waals surface area contributed by atoms with Gasteiger partial charge in [0.1, 0.15) is 0 Å². The molecule has 11 heteroatoms. The average Bonchev–Trinajstić information content (AvgIpc) is 2.84. The molecule has 2 aliphatic rings. The minimum absolute atomic E-state index is 0.129. The fourth-order valence-corrected chi connectivity index (χ4v) is 3.44. The van der Waals surface area contributed by atoms with Gasteiger partial charge in [-0.15, -0.1) is 0 Å². The minimum atomic E-state index is -0.643. The van der Waals surface area contributed by atoms with Crippen molar-refractivity contribution in [2.45, 2.75) is 12.8 Å². The lowest BCUT2D eigenvalue weighted by molar-refractivity contribution is -0.134. The number of ether oxygens (including phenoxy) is 1. The van der Waals surface area contributed by atoms with Gasteiger partial charge in [-0.05, 0) is 30.3 Å². The first kappa shape index (κ1) is 21.2. The van der Waals surface area contributed by atoms with Crippen molar-refractivity contribution in [3.8, 4) is 0 Å². The van der Waals surface area contributed by atoms with Crippen LogP contribution >= 0.6 is 0 Å². The molecule has 0 spiro atoms. The highest BCUT2D eigenvalue weighted by Crippen LogP contribution is 2.18. The third-order valence-corrected chi connectivity index (χ3v) is 5.21.